The second kappa shape index (κ2) is 8.84. The van der Waals surface area contributed by atoms with Crippen molar-refractivity contribution in [1.82, 2.24) is 5.43 Å². The molecule has 0 aliphatic carbocycles. The first-order valence-corrected chi connectivity index (χ1v) is 9.87. The van der Waals surface area contributed by atoms with Gasteiger partial charge >= 0.3 is 0 Å². The van der Waals surface area contributed by atoms with E-state index >= 15 is 0 Å². The highest BCUT2D eigenvalue weighted by molar-refractivity contribution is 6.31. The lowest BCUT2D eigenvalue weighted by atomic mass is 10.1. The highest BCUT2D eigenvalue weighted by Crippen LogP contribution is 2.26. The number of halogens is 1. The van der Waals surface area contributed by atoms with Gasteiger partial charge in [0, 0.05) is 16.3 Å². The first kappa shape index (κ1) is 19.7. The Morgan fingerprint density at radius 3 is 2.70 bits per heavy atom. The summed E-state index contributed by atoms with van der Waals surface area (Å²) >= 11 is 6.17. The molecular formula is C24H20ClN3O2. The molecule has 2 N–H and O–H groups in total. The Morgan fingerprint density at radius 2 is 1.87 bits per heavy atom. The Morgan fingerprint density at radius 1 is 1.03 bits per heavy atom. The number of furan rings is 1. The van der Waals surface area contributed by atoms with Crippen LogP contribution in [0.25, 0.3) is 22.1 Å². The van der Waals surface area contributed by atoms with Crippen LogP contribution in [0.2, 0.25) is 5.02 Å². The Balaban J connectivity index is 1.31. The first-order valence-electron chi connectivity index (χ1n) is 9.49. The van der Waals surface area contributed by atoms with Gasteiger partial charge in [-0.15, -0.1) is 0 Å². The average Bonchev–Trinajstić information content (AvgIpc) is 3.23. The van der Waals surface area contributed by atoms with Crippen molar-refractivity contribution >= 4 is 40.2 Å². The molecule has 0 spiro atoms. The van der Waals surface area contributed by atoms with Crippen molar-refractivity contribution in [3.8, 4) is 11.3 Å². The number of nitrogens with zero attached hydrogens (tertiary/aromatic N) is 1. The molecule has 30 heavy (non-hydrogen) atoms. The van der Waals surface area contributed by atoms with Crippen molar-refractivity contribution in [1.29, 1.82) is 0 Å². The molecule has 0 saturated carbocycles. The molecule has 1 aromatic heterocycles. The van der Waals surface area contributed by atoms with E-state index in [1.54, 1.807) is 6.07 Å². The van der Waals surface area contributed by atoms with Crippen molar-refractivity contribution in [2.75, 3.05) is 11.9 Å². The van der Waals surface area contributed by atoms with Gasteiger partial charge in [0.15, 0.2) is 0 Å². The molecule has 6 heteroatoms. The first-order chi connectivity index (χ1) is 14.6. The number of amides is 1. The van der Waals surface area contributed by atoms with Gasteiger partial charge in [-0.25, -0.2) is 5.43 Å². The van der Waals surface area contributed by atoms with E-state index in [1.807, 2.05) is 73.7 Å². The van der Waals surface area contributed by atoms with Crippen LogP contribution in [0.4, 0.5) is 5.69 Å². The lowest BCUT2D eigenvalue weighted by Gasteiger charge is -2.06. The van der Waals surface area contributed by atoms with Gasteiger partial charge in [0.2, 0.25) is 0 Å². The number of hydrazone groups is 1. The van der Waals surface area contributed by atoms with E-state index in [0.29, 0.717) is 16.5 Å². The maximum absolute atomic E-state index is 12.0. The number of benzene rings is 3. The molecule has 0 bridgehead atoms. The third-order valence-electron chi connectivity index (χ3n) is 4.67. The van der Waals surface area contributed by atoms with E-state index in [9.17, 15) is 4.79 Å². The van der Waals surface area contributed by atoms with Crippen LogP contribution in [-0.2, 0) is 4.79 Å². The molecule has 4 aromatic rings. The van der Waals surface area contributed by atoms with E-state index in [2.05, 4.69) is 15.8 Å². The molecule has 5 nitrogen and oxygen atoms in total. The van der Waals surface area contributed by atoms with Gasteiger partial charge < -0.3 is 9.73 Å². The van der Waals surface area contributed by atoms with Crippen LogP contribution in [0.15, 0.2) is 82.3 Å². The number of hydrogen-bond donors (Lipinski definition) is 2. The molecule has 1 amide bonds. The van der Waals surface area contributed by atoms with Crippen LogP contribution in [0.1, 0.15) is 11.3 Å². The van der Waals surface area contributed by atoms with E-state index in [0.717, 1.165) is 27.6 Å². The topological polar surface area (TPSA) is 66.6 Å². The predicted molar refractivity (Wildman–Crippen MR) is 122 cm³/mol. The second-order valence-corrected chi connectivity index (χ2v) is 7.28. The average molecular weight is 418 g/mol. The predicted octanol–water partition coefficient (Wildman–Crippen LogP) is 5.62. The monoisotopic (exact) mass is 417 g/mol. The van der Waals surface area contributed by atoms with E-state index in [1.165, 1.54) is 6.21 Å². The summed E-state index contributed by atoms with van der Waals surface area (Å²) in [5, 5.41) is 10.0. The molecule has 0 unspecified atom stereocenters. The minimum absolute atomic E-state index is 0.112. The summed E-state index contributed by atoms with van der Waals surface area (Å²) in [6.45, 7) is 2.06. The normalized spacial score (nSPS) is 11.1. The van der Waals surface area contributed by atoms with Crippen LogP contribution in [0, 0.1) is 6.92 Å². The zero-order valence-electron chi connectivity index (χ0n) is 16.4. The highest BCUT2D eigenvalue weighted by Gasteiger charge is 2.06. The number of anilines is 1. The molecule has 3 aromatic carbocycles. The smallest absolute Gasteiger partial charge is 0.259 e. The number of hydrogen-bond acceptors (Lipinski definition) is 4. The fourth-order valence-corrected chi connectivity index (χ4v) is 3.19. The van der Waals surface area contributed by atoms with Crippen LogP contribution in [0.3, 0.4) is 0 Å². The summed E-state index contributed by atoms with van der Waals surface area (Å²) in [4.78, 5) is 12.0. The molecule has 1 heterocycles. The molecule has 0 aliphatic heterocycles. The number of rotatable bonds is 6. The SMILES string of the molecule is Cc1ccc(-c2ccc(/C=N\NC(=O)CNc3ccc4ccccc4c3)o2)cc1Cl. The zero-order chi connectivity index (χ0) is 20.9. The number of aryl methyl sites for hydroxylation is 1. The Hall–Kier alpha value is -3.57. The molecule has 150 valence electrons. The van der Waals surface area contributed by atoms with Crippen molar-refractivity contribution in [3.05, 3.63) is 89.1 Å². The van der Waals surface area contributed by atoms with Crippen LogP contribution < -0.4 is 10.7 Å². The van der Waals surface area contributed by atoms with Gasteiger partial charge in [-0.2, -0.15) is 5.10 Å². The lowest BCUT2D eigenvalue weighted by molar-refractivity contribution is -0.119. The van der Waals surface area contributed by atoms with Crippen molar-refractivity contribution < 1.29 is 9.21 Å². The fraction of sp³-hybridized carbons (Fsp3) is 0.0833. The highest BCUT2D eigenvalue weighted by atomic mass is 35.5. The summed E-state index contributed by atoms with van der Waals surface area (Å²) in [5.41, 5.74) is 5.26. The number of fused-ring (bicyclic) bond motifs is 1. The Bertz CT molecular complexity index is 1230. The van der Waals surface area contributed by atoms with E-state index < -0.39 is 0 Å². The van der Waals surface area contributed by atoms with Gasteiger partial charge in [0.25, 0.3) is 5.91 Å². The minimum Gasteiger partial charge on any atom is -0.455 e. The van der Waals surface area contributed by atoms with Crippen molar-refractivity contribution in [2.45, 2.75) is 6.92 Å². The summed E-state index contributed by atoms with van der Waals surface area (Å²) in [6.07, 6.45) is 1.47. The molecule has 0 aliphatic rings. The quantitative estimate of drug-likeness (QED) is 0.316. The molecule has 0 fully saturated rings. The van der Waals surface area contributed by atoms with E-state index in [4.69, 9.17) is 16.0 Å². The van der Waals surface area contributed by atoms with Gasteiger partial charge in [0.05, 0.1) is 12.8 Å². The lowest BCUT2D eigenvalue weighted by Crippen LogP contribution is -2.25. The molecular weight excluding hydrogens is 398 g/mol. The van der Waals surface area contributed by atoms with E-state index in [-0.39, 0.29) is 12.5 Å². The van der Waals surface area contributed by atoms with Crippen LogP contribution in [-0.4, -0.2) is 18.7 Å². The molecule has 4 rings (SSSR count). The molecule has 0 atom stereocenters. The van der Waals surface area contributed by atoms with Crippen LogP contribution >= 0.6 is 11.6 Å². The van der Waals surface area contributed by atoms with Gasteiger partial charge in [0.1, 0.15) is 11.5 Å². The van der Waals surface area contributed by atoms with Gasteiger partial charge in [-0.3, -0.25) is 4.79 Å². The number of carbonyl (C=O) groups is 1. The molecule has 0 radical (unpaired) electrons. The maximum atomic E-state index is 12.0. The van der Waals surface area contributed by atoms with Crippen molar-refractivity contribution in [2.24, 2.45) is 5.10 Å². The third kappa shape index (κ3) is 4.70. The third-order valence-corrected chi connectivity index (χ3v) is 5.07. The van der Waals surface area contributed by atoms with Gasteiger partial charge in [-0.05, 0) is 53.6 Å². The molecule has 0 saturated heterocycles. The van der Waals surface area contributed by atoms with Gasteiger partial charge in [-0.1, -0.05) is 54.1 Å². The summed E-state index contributed by atoms with van der Waals surface area (Å²) in [6, 6.07) is 23.4. The number of nitrogens with one attached hydrogen (secondary N) is 2. The summed E-state index contributed by atoms with van der Waals surface area (Å²) in [7, 11) is 0. The zero-order valence-corrected chi connectivity index (χ0v) is 17.1. The summed E-state index contributed by atoms with van der Waals surface area (Å²) in [5.74, 6) is 0.962. The maximum Gasteiger partial charge on any atom is 0.259 e. The standard InChI is InChI=1S/C24H20ClN3O2/c1-16-6-7-19(13-22(16)25)23-11-10-21(30-23)14-27-28-24(29)15-26-20-9-8-17-4-2-3-5-18(17)12-20/h2-14,26H,15H2,1H3,(H,28,29)/b27-14-. The minimum atomic E-state index is -0.253. The fourth-order valence-electron chi connectivity index (χ4n) is 3.01. The Labute approximate surface area is 179 Å². The summed E-state index contributed by atoms with van der Waals surface area (Å²) < 4.78 is 5.74. The Kier molecular flexibility index (Phi) is 5.82. The van der Waals surface area contributed by atoms with Crippen molar-refractivity contribution in [3.63, 3.8) is 0 Å². The largest absolute Gasteiger partial charge is 0.455 e. The van der Waals surface area contributed by atoms with Crippen LogP contribution in [0.5, 0.6) is 0 Å². The second-order valence-electron chi connectivity index (χ2n) is 6.87. The number of carbonyl (C=O) groups excluding carboxylic acids is 1.